The molecule has 0 fully saturated rings. The van der Waals surface area contributed by atoms with Crippen molar-refractivity contribution in [3.63, 3.8) is 0 Å². The molecule has 19 heavy (non-hydrogen) atoms. The van der Waals surface area contributed by atoms with E-state index in [9.17, 15) is 5.26 Å². The van der Waals surface area contributed by atoms with Gasteiger partial charge in [0.2, 0.25) is 0 Å². The highest BCUT2D eigenvalue weighted by Crippen LogP contribution is 2.18. The molecule has 1 aromatic carbocycles. The quantitative estimate of drug-likeness (QED) is 0.914. The predicted octanol–water partition coefficient (Wildman–Crippen LogP) is 2.54. The molecule has 0 aliphatic carbocycles. The molecule has 0 spiro atoms. The number of benzene rings is 1. The molecule has 1 heterocycles. The monoisotopic (exact) mass is 256 g/mol. The van der Waals surface area contributed by atoms with Crippen LogP contribution >= 0.6 is 0 Å². The van der Waals surface area contributed by atoms with Crippen LogP contribution in [0, 0.1) is 25.2 Å². The normalized spacial score (nSPS) is 12.8. The lowest BCUT2D eigenvalue weighted by Crippen LogP contribution is -2.36. The summed E-state index contributed by atoms with van der Waals surface area (Å²) in [5, 5.41) is 12.4. The zero-order valence-electron chi connectivity index (χ0n) is 11.9. The van der Waals surface area contributed by atoms with Crippen molar-refractivity contribution in [2.24, 2.45) is 0 Å². The lowest BCUT2D eigenvalue weighted by atomic mass is 10.1. The van der Waals surface area contributed by atoms with Gasteiger partial charge in [-0.2, -0.15) is 5.26 Å². The van der Waals surface area contributed by atoms with Crippen molar-refractivity contribution in [1.29, 1.82) is 5.26 Å². The Morgan fingerprint density at radius 3 is 2.63 bits per heavy atom. The fraction of sp³-hybridized carbons (Fsp3) is 0.467. The van der Waals surface area contributed by atoms with Crippen molar-refractivity contribution >= 4 is 11.0 Å². The van der Waals surface area contributed by atoms with Crippen LogP contribution in [-0.2, 0) is 6.54 Å². The molecule has 1 aromatic heterocycles. The van der Waals surface area contributed by atoms with Crippen LogP contribution in [-0.4, -0.2) is 21.6 Å². The van der Waals surface area contributed by atoms with Gasteiger partial charge < -0.3 is 4.57 Å². The topological polar surface area (TPSA) is 53.6 Å². The van der Waals surface area contributed by atoms with Crippen LogP contribution in [0.15, 0.2) is 18.5 Å². The number of hydrogen-bond acceptors (Lipinski definition) is 3. The summed E-state index contributed by atoms with van der Waals surface area (Å²) >= 11 is 0. The van der Waals surface area contributed by atoms with Gasteiger partial charge in [-0.05, 0) is 51.0 Å². The number of imidazole rings is 1. The zero-order chi connectivity index (χ0) is 14.0. The summed E-state index contributed by atoms with van der Waals surface area (Å²) in [5.41, 5.74) is 4.58. The van der Waals surface area contributed by atoms with E-state index in [1.54, 1.807) is 0 Å². The van der Waals surface area contributed by atoms with Crippen molar-refractivity contribution in [1.82, 2.24) is 14.9 Å². The van der Waals surface area contributed by atoms with Gasteiger partial charge in [0.15, 0.2) is 0 Å². The SMILES string of the molecule is Cc1cc2ncn(CC(C#N)NC(C)C)c2cc1C. The molecule has 4 heteroatoms. The first-order chi connectivity index (χ1) is 9.01. The fourth-order valence-corrected chi connectivity index (χ4v) is 2.19. The number of rotatable bonds is 4. The molecule has 0 aliphatic rings. The summed E-state index contributed by atoms with van der Waals surface area (Å²) < 4.78 is 2.05. The van der Waals surface area contributed by atoms with E-state index < -0.39 is 0 Å². The highest BCUT2D eigenvalue weighted by molar-refractivity contribution is 5.77. The van der Waals surface area contributed by atoms with Gasteiger partial charge in [-0.1, -0.05) is 0 Å². The average Bonchev–Trinajstić information content (AvgIpc) is 2.71. The molecule has 1 N–H and O–H groups in total. The minimum atomic E-state index is -0.195. The van der Waals surface area contributed by atoms with Gasteiger partial charge in [0.1, 0.15) is 6.04 Å². The molecule has 0 saturated carbocycles. The Bertz CT molecular complexity index is 619. The van der Waals surface area contributed by atoms with E-state index in [-0.39, 0.29) is 6.04 Å². The third kappa shape index (κ3) is 2.94. The van der Waals surface area contributed by atoms with E-state index in [1.165, 1.54) is 11.1 Å². The fourth-order valence-electron chi connectivity index (χ4n) is 2.19. The Morgan fingerprint density at radius 1 is 1.32 bits per heavy atom. The number of fused-ring (bicyclic) bond motifs is 1. The second-order valence-electron chi connectivity index (χ2n) is 5.33. The number of aryl methyl sites for hydroxylation is 2. The molecule has 0 aliphatic heterocycles. The predicted molar refractivity (Wildman–Crippen MR) is 76.9 cm³/mol. The van der Waals surface area contributed by atoms with Gasteiger partial charge >= 0.3 is 0 Å². The largest absolute Gasteiger partial charge is 0.328 e. The van der Waals surface area contributed by atoms with E-state index in [0.717, 1.165) is 11.0 Å². The minimum Gasteiger partial charge on any atom is -0.328 e. The number of hydrogen-bond donors (Lipinski definition) is 1. The van der Waals surface area contributed by atoms with Crippen LogP contribution in [0.2, 0.25) is 0 Å². The summed E-state index contributed by atoms with van der Waals surface area (Å²) in [6.07, 6.45) is 1.82. The van der Waals surface area contributed by atoms with E-state index >= 15 is 0 Å². The van der Waals surface area contributed by atoms with Crippen molar-refractivity contribution in [2.45, 2.75) is 46.3 Å². The first kappa shape index (κ1) is 13.6. The summed E-state index contributed by atoms with van der Waals surface area (Å²) in [4.78, 5) is 4.41. The summed E-state index contributed by atoms with van der Waals surface area (Å²) in [6, 6.07) is 6.64. The number of nitriles is 1. The molecule has 100 valence electrons. The first-order valence-corrected chi connectivity index (χ1v) is 6.59. The molecule has 4 nitrogen and oxygen atoms in total. The number of nitrogens with one attached hydrogen (secondary N) is 1. The van der Waals surface area contributed by atoms with Crippen LogP contribution in [0.25, 0.3) is 11.0 Å². The second kappa shape index (κ2) is 5.41. The molecule has 1 unspecified atom stereocenters. The highest BCUT2D eigenvalue weighted by Gasteiger charge is 2.12. The molecule has 0 saturated heterocycles. The first-order valence-electron chi connectivity index (χ1n) is 6.59. The standard InChI is InChI=1S/C15H20N4/c1-10(2)18-13(7-16)8-19-9-17-14-5-11(3)12(4)6-15(14)19/h5-6,9-10,13,18H,8H2,1-4H3. The molecular weight excluding hydrogens is 236 g/mol. The third-order valence-electron chi connectivity index (χ3n) is 3.31. The maximum atomic E-state index is 9.20. The minimum absolute atomic E-state index is 0.195. The van der Waals surface area contributed by atoms with Crippen LogP contribution in [0.5, 0.6) is 0 Å². The van der Waals surface area contributed by atoms with Crippen LogP contribution in [0.3, 0.4) is 0 Å². The van der Waals surface area contributed by atoms with Crippen molar-refractivity contribution < 1.29 is 0 Å². The molecule has 0 amide bonds. The number of nitrogens with zero attached hydrogens (tertiary/aromatic N) is 3. The Balaban J connectivity index is 2.31. The summed E-state index contributed by atoms with van der Waals surface area (Å²) in [6.45, 7) is 8.90. The Kier molecular flexibility index (Phi) is 3.87. The maximum Gasteiger partial charge on any atom is 0.114 e. The molecule has 1 atom stereocenters. The lowest BCUT2D eigenvalue weighted by molar-refractivity contribution is 0.482. The van der Waals surface area contributed by atoms with Crippen LogP contribution < -0.4 is 5.32 Å². The van der Waals surface area contributed by atoms with Gasteiger partial charge in [-0.15, -0.1) is 0 Å². The van der Waals surface area contributed by atoms with E-state index in [1.807, 2.05) is 24.7 Å². The Hall–Kier alpha value is -1.86. The molecule has 2 aromatic rings. The molecule has 2 rings (SSSR count). The zero-order valence-corrected chi connectivity index (χ0v) is 11.9. The van der Waals surface area contributed by atoms with Crippen LogP contribution in [0.4, 0.5) is 0 Å². The maximum absolute atomic E-state index is 9.20. The average molecular weight is 256 g/mol. The van der Waals surface area contributed by atoms with Crippen molar-refractivity contribution in [2.75, 3.05) is 0 Å². The number of aromatic nitrogens is 2. The van der Waals surface area contributed by atoms with E-state index in [0.29, 0.717) is 12.6 Å². The van der Waals surface area contributed by atoms with Gasteiger partial charge in [0.25, 0.3) is 0 Å². The summed E-state index contributed by atoms with van der Waals surface area (Å²) in [5.74, 6) is 0. The van der Waals surface area contributed by atoms with Gasteiger partial charge in [-0.25, -0.2) is 4.98 Å². The van der Waals surface area contributed by atoms with Gasteiger partial charge in [0.05, 0.1) is 30.0 Å². The van der Waals surface area contributed by atoms with Crippen LogP contribution in [0.1, 0.15) is 25.0 Å². The van der Waals surface area contributed by atoms with Gasteiger partial charge in [0, 0.05) is 6.04 Å². The molecule has 0 radical (unpaired) electrons. The lowest BCUT2D eigenvalue weighted by Gasteiger charge is -2.15. The summed E-state index contributed by atoms with van der Waals surface area (Å²) in [7, 11) is 0. The van der Waals surface area contributed by atoms with E-state index in [2.05, 4.69) is 42.4 Å². The van der Waals surface area contributed by atoms with E-state index in [4.69, 9.17) is 0 Å². The van der Waals surface area contributed by atoms with Gasteiger partial charge in [-0.3, -0.25) is 5.32 Å². The molecule has 0 bridgehead atoms. The Labute approximate surface area is 114 Å². The third-order valence-corrected chi connectivity index (χ3v) is 3.31. The molecular formula is C15H20N4. The Morgan fingerprint density at radius 2 is 2.00 bits per heavy atom. The highest BCUT2D eigenvalue weighted by atomic mass is 15.1. The second-order valence-corrected chi connectivity index (χ2v) is 5.33. The van der Waals surface area contributed by atoms with Crippen molar-refractivity contribution in [3.8, 4) is 6.07 Å². The smallest absolute Gasteiger partial charge is 0.114 e. The van der Waals surface area contributed by atoms with Crippen molar-refractivity contribution in [3.05, 3.63) is 29.6 Å².